The Morgan fingerprint density at radius 3 is 3.00 bits per heavy atom. The fraction of sp³-hybridized carbons (Fsp3) is 0.500. The fourth-order valence-corrected chi connectivity index (χ4v) is 1.96. The van der Waals surface area contributed by atoms with Crippen LogP contribution in [-0.4, -0.2) is 42.0 Å². The molecule has 0 aromatic carbocycles. The Bertz CT molecular complexity index is 388. The number of nitrogens with one attached hydrogen (secondary N) is 1. The van der Waals surface area contributed by atoms with Gasteiger partial charge >= 0.3 is 0 Å². The Morgan fingerprint density at radius 2 is 2.29 bits per heavy atom. The van der Waals surface area contributed by atoms with E-state index in [0.717, 1.165) is 13.1 Å². The zero-order chi connectivity index (χ0) is 12.1. The molecule has 0 unspecified atom stereocenters. The number of primary amides is 1. The van der Waals surface area contributed by atoms with E-state index < -0.39 is 5.91 Å². The summed E-state index contributed by atoms with van der Waals surface area (Å²) in [7, 11) is 0. The largest absolute Gasteiger partial charge is 0.369 e. The molecule has 1 saturated heterocycles. The van der Waals surface area contributed by atoms with Crippen LogP contribution in [0.25, 0.3) is 0 Å². The molecule has 17 heavy (non-hydrogen) atoms. The smallest absolute Gasteiger partial charge is 0.268 e. The van der Waals surface area contributed by atoms with Crippen LogP contribution in [0.5, 0.6) is 0 Å². The highest BCUT2D eigenvalue weighted by Gasteiger charge is 2.10. The van der Waals surface area contributed by atoms with E-state index in [1.807, 2.05) is 0 Å². The molecule has 1 aromatic heterocycles. The Hall–Kier alpha value is -1.62. The highest BCUT2D eigenvalue weighted by atomic mass is 16.1. The summed E-state index contributed by atoms with van der Waals surface area (Å²) >= 11 is 0. The number of aromatic nitrogens is 1. The number of carbonyl (C=O) groups excluding carboxylic acids is 1. The van der Waals surface area contributed by atoms with Crippen molar-refractivity contribution in [3.05, 3.63) is 23.9 Å². The van der Waals surface area contributed by atoms with Gasteiger partial charge in [-0.15, -0.1) is 0 Å². The van der Waals surface area contributed by atoms with Gasteiger partial charge in [-0.3, -0.25) is 4.79 Å². The van der Waals surface area contributed by atoms with Crippen molar-refractivity contribution in [2.75, 3.05) is 31.5 Å². The molecule has 5 nitrogen and oxygen atoms in total. The third-order valence-corrected chi connectivity index (χ3v) is 2.86. The molecule has 2 heterocycles. The Balaban J connectivity index is 1.81. The quantitative estimate of drug-likeness (QED) is 0.776. The van der Waals surface area contributed by atoms with Crippen LogP contribution in [0.15, 0.2) is 12.1 Å². The molecule has 5 heteroatoms. The Labute approximate surface area is 101 Å². The van der Waals surface area contributed by atoms with Crippen molar-refractivity contribution in [2.24, 2.45) is 5.73 Å². The number of rotatable bonds is 5. The SMILES string of the molecule is NC(=O)c1[c]ccc(NCCN2CCCC2)n1. The van der Waals surface area contributed by atoms with Crippen molar-refractivity contribution < 1.29 is 4.79 Å². The van der Waals surface area contributed by atoms with Crippen LogP contribution in [0.1, 0.15) is 23.3 Å². The molecule has 1 amide bonds. The second-order valence-corrected chi connectivity index (χ2v) is 4.16. The molecule has 0 aliphatic carbocycles. The lowest BCUT2D eigenvalue weighted by molar-refractivity contribution is 0.0995. The molecule has 0 atom stereocenters. The molecular formula is C12H17N4O. The first-order chi connectivity index (χ1) is 8.25. The lowest BCUT2D eigenvalue weighted by atomic mass is 10.3. The summed E-state index contributed by atoms with van der Waals surface area (Å²) in [6.45, 7) is 4.20. The predicted molar refractivity (Wildman–Crippen MR) is 65.8 cm³/mol. The maximum absolute atomic E-state index is 10.9. The van der Waals surface area contributed by atoms with Crippen molar-refractivity contribution in [3.8, 4) is 0 Å². The standard InChI is InChI=1S/C12H17N4O/c13-12(17)10-4-3-5-11(15-10)14-6-9-16-7-1-2-8-16/h3,5H,1-2,6-9H2,(H2,13,17)(H,14,15). The van der Waals surface area contributed by atoms with Crippen molar-refractivity contribution in [1.82, 2.24) is 9.88 Å². The topological polar surface area (TPSA) is 71.2 Å². The van der Waals surface area contributed by atoms with Gasteiger partial charge in [-0.1, -0.05) is 0 Å². The number of amides is 1. The number of likely N-dealkylation sites (tertiary alicyclic amines) is 1. The molecular weight excluding hydrogens is 216 g/mol. The van der Waals surface area contributed by atoms with Gasteiger partial charge in [-0.25, -0.2) is 4.98 Å². The fourth-order valence-electron chi connectivity index (χ4n) is 1.96. The van der Waals surface area contributed by atoms with Gasteiger partial charge in [0.05, 0.1) is 0 Å². The average Bonchev–Trinajstić information content (AvgIpc) is 2.82. The predicted octanol–water partition coefficient (Wildman–Crippen LogP) is 0.488. The molecule has 0 saturated carbocycles. The third-order valence-electron chi connectivity index (χ3n) is 2.86. The molecule has 1 aliphatic heterocycles. The second kappa shape index (κ2) is 5.63. The lowest BCUT2D eigenvalue weighted by Gasteiger charge is -2.14. The third kappa shape index (κ3) is 3.42. The van der Waals surface area contributed by atoms with Crippen LogP contribution in [0.2, 0.25) is 0 Å². The number of nitrogens with zero attached hydrogens (tertiary/aromatic N) is 2. The first kappa shape index (κ1) is 11.9. The number of hydrogen-bond donors (Lipinski definition) is 2. The first-order valence-corrected chi connectivity index (χ1v) is 5.90. The molecule has 1 aromatic rings. The molecule has 91 valence electrons. The lowest BCUT2D eigenvalue weighted by Crippen LogP contribution is -2.26. The van der Waals surface area contributed by atoms with Crippen LogP contribution < -0.4 is 11.1 Å². The van der Waals surface area contributed by atoms with Gasteiger partial charge in [0.2, 0.25) is 0 Å². The number of pyridine rings is 1. The number of anilines is 1. The monoisotopic (exact) mass is 233 g/mol. The first-order valence-electron chi connectivity index (χ1n) is 5.90. The Morgan fingerprint density at radius 1 is 1.53 bits per heavy atom. The van der Waals surface area contributed by atoms with E-state index in [2.05, 4.69) is 21.3 Å². The van der Waals surface area contributed by atoms with Gasteiger partial charge in [0.1, 0.15) is 11.5 Å². The molecule has 0 spiro atoms. The maximum Gasteiger partial charge on any atom is 0.268 e. The van der Waals surface area contributed by atoms with E-state index in [0.29, 0.717) is 5.82 Å². The van der Waals surface area contributed by atoms with Gasteiger partial charge in [-0.2, -0.15) is 0 Å². The van der Waals surface area contributed by atoms with E-state index in [1.165, 1.54) is 25.9 Å². The van der Waals surface area contributed by atoms with Crippen LogP contribution in [0.4, 0.5) is 5.82 Å². The van der Waals surface area contributed by atoms with E-state index >= 15 is 0 Å². The van der Waals surface area contributed by atoms with Gasteiger partial charge in [0, 0.05) is 19.2 Å². The van der Waals surface area contributed by atoms with Crippen LogP contribution in [0.3, 0.4) is 0 Å². The maximum atomic E-state index is 10.9. The normalized spacial score (nSPS) is 16.0. The minimum Gasteiger partial charge on any atom is -0.369 e. The van der Waals surface area contributed by atoms with Gasteiger partial charge < -0.3 is 16.0 Å². The molecule has 1 radical (unpaired) electrons. The van der Waals surface area contributed by atoms with Gasteiger partial charge in [0.25, 0.3) is 5.91 Å². The van der Waals surface area contributed by atoms with Crippen LogP contribution >= 0.6 is 0 Å². The summed E-state index contributed by atoms with van der Waals surface area (Å²) in [5.41, 5.74) is 5.32. The summed E-state index contributed by atoms with van der Waals surface area (Å²) in [6, 6.07) is 6.15. The number of hydrogen-bond acceptors (Lipinski definition) is 4. The molecule has 1 aliphatic rings. The molecule has 0 bridgehead atoms. The number of nitrogens with two attached hydrogens (primary N) is 1. The Kier molecular flexibility index (Phi) is 3.93. The highest BCUT2D eigenvalue weighted by molar-refractivity contribution is 5.90. The minimum atomic E-state index is -0.548. The van der Waals surface area contributed by atoms with E-state index in [4.69, 9.17) is 5.73 Å². The van der Waals surface area contributed by atoms with Crippen LogP contribution in [-0.2, 0) is 0 Å². The highest BCUT2D eigenvalue weighted by Crippen LogP contribution is 2.07. The summed E-state index contributed by atoms with van der Waals surface area (Å²) in [6.07, 6.45) is 2.59. The van der Waals surface area contributed by atoms with E-state index in [9.17, 15) is 4.79 Å². The molecule has 1 fully saturated rings. The summed E-state index contributed by atoms with van der Waals surface area (Å²) in [4.78, 5) is 17.4. The van der Waals surface area contributed by atoms with Crippen LogP contribution in [0, 0.1) is 6.07 Å². The van der Waals surface area contributed by atoms with Crippen molar-refractivity contribution in [1.29, 1.82) is 0 Å². The summed E-state index contributed by atoms with van der Waals surface area (Å²) in [5.74, 6) is 0.130. The average molecular weight is 233 g/mol. The second-order valence-electron chi connectivity index (χ2n) is 4.16. The summed E-state index contributed by atoms with van der Waals surface area (Å²) < 4.78 is 0. The molecule has 3 N–H and O–H groups in total. The van der Waals surface area contributed by atoms with E-state index in [1.54, 1.807) is 12.1 Å². The van der Waals surface area contributed by atoms with Crippen molar-refractivity contribution >= 4 is 11.7 Å². The zero-order valence-electron chi connectivity index (χ0n) is 9.78. The van der Waals surface area contributed by atoms with Gasteiger partial charge in [-0.05, 0) is 38.1 Å². The zero-order valence-corrected chi connectivity index (χ0v) is 9.78. The van der Waals surface area contributed by atoms with E-state index in [-0.39, 0.29) is 5.69 Å². The summed E-state index contributed by atoms with van der Waals surface area (Å²) in [5, 5.41) is 3.19. The van der Waals surface area contributed by atoms with Crippen molar-refractivity contribution in [3.63, 3.8) is 0 Å². The van der Waals surface area contributed by atoms with Gasteiger partial charge in [0.15, 0.2) is 0 Å². The number of carbonyl (C=O) groups is 1. The minimum absolute atomic E-state index is 0.177. The molecule has 2 rings (SSSR count). The van der Waals surface area contributed by atoms with Crippen molar-refractivity contribution in [2.45, 2.75) is 12.8 Å².